The Balaban J connectivity index is 1.77. The van der Waals surface area contributed by atoms with Crippen molar-refractivity contribution in [3.63, 3.8) is 0 Å². The van der Waals surface area contributed by atoms with Gasteiger partial charge in [0.15, 0.2) is 0 Å². The molecule has 0 saturated heterocycles. The van der Waals surface area contributed by atoms with E-state index < -0.39 is 6.10 Å². The molecule has 4 nitrogen and oxygen atoms in total. The van der Waals surface area contributed by atoms with E-state index in [9.17, 15) is 5.11 Å². The second-order valence-corrected chi connectivity index (χ2v) is 6.04. The summed E-state index contributed by atoms with van der Waals surface area (Å²) in [5, 5.41) is 18.9. The highest BCUT2D eigenvalue weighted by Crippen LogP contribution is 2.37. The van der Waals surface area contributed by atoms with Gasteiger partial charge in [0.2, 0.25) is 0 Å². The lowest BCUT2D eigenvalue weighted by Gasteiger charge is -2.31. The van der Waals surface area contributed by atoms with Crippen LogP contribution in [0.25, 0.3) is 5.69 Å². The number of aliphatic hydroxyl groups is 1. The van der Waals surface area contributed by atoms with E-state index in [1.807, 2.05) is 30.3 Å². The van der Waals surface area contributed by atoms with Crippen molar-refractivity contribution in [2.75, 3.05) is 0 Å². The molecule has 1 saturated carbocycles. The third kappa shape index (κ3) is 3.00. The van der Waals surface area contributed by atoms with Crippen LogP contribution in [0.5, 0.6) is 0 Å². The van der Waals surface area contributed by atoms with Crippen molar-refractivity contribution >= 4 is 0 Å². The summed E-state index contributed by atoms with van der Waals surface area (Å²) in [5.74, 6) is 1.17. The quantitative estimate of drug-likeness (QED) is 0.935. The zero-order valence-electron chi connectivity index (χ0n) is 12.5. The van der Waals surface area contributed by atoms with E-state index in [1.165, 1.54) is 19.3 Å². The van der Waals surface area contributed by atoms with Crippen molar-refractivity contribution < 1.29 is 5.11 Å². The van der Waals surface area contributed by atoms with Gasteiger partial charge in [-0.1, -0.05) is 49.6 Å². The van der Waals surface area contributed by atoms with Crippen molar-refractivity contribution in [2.45, 2.75) is 45.1 Å². The van der Waals surface area contributed by atoms with E-state index >= 15 is 0 Å². The van der Waals surface area contributed by atoms with Crippen LogP contribution >= 0.6 is 0 Å². The standard InChI is InChI=1S/C17H23N3O/c1-2-13-8-10-14(11-9-13)17(21)16-12-18-19-20(16)15-6-4-3-5-7-15/h3-7,12-14,17,21H,2,8-11H2,1H3. The maximum absolute atomic E-state index is 10.7. The summed E-state index contributed by atoms with van der Waals surface area (Å²) in [6.07, 6.45) is 7.13. The lowest BCUT2D eigenvalue weighted by atomic mass is 9.78. The number of hydrogen-bond acceptors (Lipinski definition) is 3. The number of hydrogen-bond donors (Lipinski definition) is 1. The lowest BCUT2D eigenvalue weighted by molar-refractivity contribution is 0.0676. The molecule has 1 atom stereocenters. The summed E-state index contributed by atoms with van der Waals surface area (Å²) < 4.78 is 1.76. The Morgan fingerprint density at radius 2 is 1.90 bits per heavy atom. The molecular weight excluding hydrogens is 262 g/mol. The second kappa shape index (κ2) is 6.39. The first-order valence-corrected chi connectivity index (χ1v) is 7.93. The Morgan fingerprint density at radius 1 is 1.19 bits per heavy atom. The zero-order chi connectivity index (χ0) is 14.7. The maximum atomic E-state index is 10.7. The van der Waals surface area contributed by atoms with Gasteiger partial charge < -0.3 is 5.11 Å². The molecule has 0 spiro atoms. The van der Waals surface area contributed by atoms with Gasteiger partial charge in [-0.15, -0.1) is 5.10 Å². The first-order chi connectivity index (χ1) is 10.3. The Bertz CT molecular complexity index is 558. The van der Waals surface area contributed by atoms with Crippen LogP contribution < -0.4 is 0 Å². The molecule has 4 heteroatoms. The molecule has 1 aromatic heterocycles. The molecule has 1 unspecified atom stereocenters. The van der Waals surface area contributed by atoms with Crippen LogP contribution in [0, 0.1) is 11.8 Å². The summed E-state index contributed by atoms with van der Waals surface area (Å²) in [4.78, 5) is 0. The van der Waals surface area contributed by atoms with Crippen LogP contribution in [0.15, 0.2) is 36.5 Å². The molecule has 0 radical (unpaired) electrons. The number of aromatic nitrogens is 3. The van der Waals surface area contributed by atoms with E-state index in [0.29, 0.717) is 5.92 Å². The van der Waals surface area contributed by atoms with E-state index in [2.05, 4.69) is 17.2 Å². The predicted octanol–water partition coefficient (Wildman–Crippen LogP) is 3.52. The highest BCUT2D eigenvalue weighted by Gasteiger charge is 2.29. The van der Waals surface area contributed by atoms with Gasteiger partial charge in [0.05, 0.1) is 17.6 Å². The normalized spacial score (nSPS) is 23.9. The minimum absolute atomic E-state index is 0.328. The molecule has 112 valence electrons. The largest absolute Gasteiger partial charge is 0.386 e. The minimum Gasteiger partial charge on any atom is -0.386 e. The fourth-order valence-electron chi connectivity index (χ4n) is 3.37. The average molecular weight is 285 g/mol. The van der Waals surface area contributed by atoms with E-state index in [-0.39, 0.29) is 0 Å². The first kappa shape index (κ1) is 14.3. The topological polar surface area (TPSA) is 50.9 Å². The maximum Gasteiger partial charge on any atom is 0.101 e. The molecule has 1 aliphatic rings. The summed E-state index contributed by atoms with van der Waals surface area (Å²) in [5.41, 5.74) is 1.76. The summed E-state index contributed by atoms with van der Waals surface area (Å²) in [7, 11) is 0. The van der Waals surface area contributed by atoms with Crippen LogP contribution in [-0.4, -0.2) is 20.1 Å². The molecule has 0 bridgehead atoms. The molecule has 0 amide bonds. The third-order valence-electron chi connectivity index (χ3n) is 4.79. The van der Waals surface area contributed by atoms with Gasteiger partial charge in [0.1, 0.15) is 6.10 Å². The van der Waals surface area contributed by atoms with Gasteiger partial charge in [-0.05, 0) is 36.8 Å². The van der Waals surface area contributed by atoms with Gasteiger partial charge in [-0.25, -0.2) is 4.68 Å². The number of benzene rings is 1. The van der Waals surface area contributed by atoms with Crippen molar-refractivity contribution in [3.05, 3.63) is 42.2 Å². The molecule has 0 aliphatic heterocycles. The van der Waals surface area contributed by atoms with E-state index in [4.69, 9.17) is 0 Å². The molecule has 21 heavy (non-hydrogen) atoms. The molecule has 1 aromatic carbocycles. The van der Waals surface area contributed by atoms with E-state index in [0.717, 1.165) is 30.1 Å². The number of aliphatic hydroxyl groups excluding tert-OH is 1. The third-order valence-corrected chi connectivity index (χ3v) is 4.79. The Kier molecular flexibility index (Phi) is 4.34. The van der Waals surface area contributed by atoms with Gasteiger partial charge in [0.25, 0.3) is 0 Å². The minimum atomic E-state index is -0.474. The molecule has 2 aromatic rings. The van der Waals surface area contributed by atoms with Crippen LogP contribution in [0.2, 0.25) is 0 Å². The Morgan fingerprint density at radius 3 is 2.57 bits per heavy atom. The SMILES string of the molecule is CCC1CCC(C(O)c2cnnn2-c2ccccc2)CC1. The Labute approximate surface area is 125 Å². The van der Waals surface area contributed by atoms with Gasteiger partial charge in [-0.2, -0.15) is 0 Å². The molecule has 3 rings (SSSR count). The summed E-state index contributed by atoms with van der Waals surface area (Å²) in [6.45, 7) is 2.26. The lowest BCUT2D eigenvalue weighted by Crippen LogP contribution is -2.22. The smallest absolute Gasteiger partial charge is 0.101 e. The van der Waals surface area contributed by atoms with Gasteiger partial charge >= 0.3 is 0 Å². The molecule has 1 N–H and O–H groups in total. The monoisotopic (exact) mass is 285 g/mol. The fraction of sp³-hybridized carbons (Fsp3) is 0.529. The van der Waals surface area contributed by atoms with Crippen molar-refractivity contribution in [3.8, 4) is 5.69 Å². The molecule has 1 heterocycles. The summed E-state index contributed by atoms with van der Waals surface area (Å²) >= 11 is 0. The second-order valence-electron chi connectivity index (χ2n) is 6.04. The van der Waals surface area contributed by atoms with Crippen molar-refractivity contribution in [1.82, 2.24) is 15.0 Å². The first-order valence-electron chi connectivity index (χ1n) is 7.93. The number of rotatable bonds is 4. The summed E-state index contributed by atoms with van der Waals surface area (Å²) in [6, 6.07) is 9.89. The zero-order valence-corrected chi connectivity index (χ0v) is 12.5. The van der Waals surface area contributed by atoms with Gasteiger partial charge in [-0.3, -0.25) is 0 Å². The predicted molar refractivity (Wildman–Crippen MR) is 82.1 cm³/mol. The van der Waals surface area contributed by atoms with Crippen LogP contribution in [-0.2, 0) is 0 Å². The fourth-order valence-corrected chi connectivity index (χ4v) is 3.37. The van der Waals surface area contributed by atoms with Gasteiger partial charge in [0, 0.05) is 0 Å². The highest BCUT2D eigenvalue weighted by atomic mass is 16.3. The molecule has 1 fully saturated rings. The molecular formula is C17H23N3O. The van der Waals surface area contributed by atoms with Crippen molar-refractivity contribution in [2.24, 2.45) is 11.8 Å². The highest BCUT2D eigenvalue weighted by molar-refractivity contribution is 5.32. The van der Waals surface area contributed by atoms with Crippen molar-refractivity contribution in [1.29, 1.82) is 0 Å². The number of nitrogens with zero attached hydrogens (tertiary/aromatic N) is 3. The van der Waals surface area contributed by atoms with Crippen LogP contribution in [0.1, 0.15) is 50.8 Å². The van der Waals surface area contributed by atoms with E-state index in [1.54, 1.807) is 10.9 Å². The number of para-hydroxylation sites is 1. The van der Waals surface area contributed by atoms with Crippen LogP contribution in [0.3, 0.4) is 0 Å². The Hall–Kier alpha value is -1.68. The van der Waals surface area contributed by atoms with Crippen LogP contribution in [0.4, 0.5) is 0 Å². The average Bonchev–Trinajstić information content (AvgIpc) is 3.04. The molecule has 1 aliphatic carbocycles.